The van der Waals surface area contributed by atoms with Crippen LogP contribution in [0.3, 0.4) is 0 Å². The molecule has 0 spiro atoms. The Bertz CT molecular complexity index is 625. The Morgan fingerprint density at radius 3 is 2.68 bits per heavy atom. The summed E-state index contributed by atoms with van der Waals surface area (Å²) in [6, 6.07) is 5.35. The quantitative estimate of drug-likeness (QED) is 0.890. The Labute approximate surface area is 135 Å². The van der Waals surface area contributed by atoms with Gasteiger partial charge in [-0.25, -0.2) is 4.98 Å². The van der Waals surface area contributed by atoms with Gasteiger partial charge in [0.1, 0.15) is 0 Å². The Morgan fingerprint density at radius 1 is 1.32 bits per heavy atom. The van der Waals surface area contributed by atoms with E-state index in [2.05, 4.69) is 14.9 Å². The van der Waals surface area contributed by atoms with E-state index in [1.54, 1.807) is 24.7 Å². The van der Waals surface area contributed by atoms with Gasteiger partial charge in [-0.3, -0.25) is 4.79 Å². The van der Waals surface area contributed by atoms with Gasteiger partial charge >= 0.3 is 0 Å². The van der Waals surface area contributed by atoms with Gasteiger partial charge in [-0.1, -0.05) is 11.6 Å². The van der Waals surface area contributed by atoms with Gasteiger partial charge in [0.25, 0.3) is 5.91 Å². The van der Waals surface area contributed by atoms with Crippen molar-refractivity contribution in [2.45, 2.75) is 13.5 Å². The smallest absolute Gasteiger partial charge is 0.254 e. The number of carbonyl (C=O) groups excluding carboxylic acids is 1. The lowest BCUT2D eigenvalue weighted by Gasteiger charge is -2.24. The molecule has 1 aromatic heterocycles. The number of carbonyl (C=O) groups is 1. The summed E-state index contributed by atoms with van der Waals surface area (Å²) in [5.74, 6) is 0.00520. The molecule has 2 aromatic rings. The van der Waals surface area contributed by atoms with Crippen molar-refractivity contribution in [3.8, 4) is 0 Å². The number of H-pyrrole nitrogens is 1. The standard InChI is InChI=1S/C16H21ClN4O/c1-12-8-13(17)4-5-15(12)16(22)21(7-6-20(2)3)10-14-9-18-11-19-14/h4-5,8-9,11H,6-7,10H2,1-3H3,(H,18,19). The average Bonchev–Trinajstić information content (AvgIpc) is 2.95. The van der Waals surface area contributed by atoms with E-state index in [1.165, 1.54) is 0 Å². The molecule has 118 valence electrons. The van der Waals surface area contributed by atoms with E-state index in [4.69, 9.17) is 11.6 Å². The maximum absolute atomic E-state index is 12.8. The molecule has 5 nitrogen and oxygen atoms in total. The molecule has 22 heavy (non-hydrogen) atoms. The summed E-state index contributed by atoms with van der Waals surface area (Å²) in [5, 5.41) is 0.641. The second kappa shape index (κ2) is 7.42. The maximum atomic E-state index is 12.8. The molecule has 0 aliphatic carbocycles. The molecule has 6 heteroatoms. The summed E-state index contributed by atoms with van der Waals surface area (Å²) in [6.07, 6.45) is 3.36. The first-order valence-corrected chi connectivity index (χ1v) is 7.52. The molecule has 1 amide bonds. The maximum Gasteiger partial charge on any atom is 0.254 e. The minimum atomic E-state index is 0.00520. The number of aromatic nitrogens is 2. The summed E-state index contributed by atoms with van der Waals surface area (Å²) in [6.45, 7) is 3.85. The van der Waals surface area contributed by atoms with Crippen molar-refractivity contribution in [3.05, 3.63) is 52.6 Å². The van der Waals surface area contributed by atoms with E-state index in [1.807, 2.05) is 32.0 Å². The number of aromatic amines is 1. The summed E-state index contributed by atoms with van der Waals surface area (Å²) < 4.78 is 0. The van der Waals surface area contributed by atoms with E-state index in [9.17, 15) is 4.79 Å². The first-order valence-electron chi connectivity index (χ1n) is 7.15. The zero-order valence-electron chi connectivity index (χ0n) is 13.1. The third kappa shape index (κ3) is 4.32. The van der Waals surface area contributed by atoms with Crippen molar-refractivity contribution in [2.24, 2.45) is 0 Å². The SMILES string of the molecule is Cc1cc(Cl)ccc1C(=O)N(CCN(C)C)Cc1cnc[nH]1. The number of hydrogen-bond donors (Lipinski definition) is 1. The fourth-order valence-corrected chi connectivity index (χ4v) is 2.41. The number of nitrogens with one attached hydrogen (secondary N) is 1. The van der Waals surface area contributed by atoms with Crippen LogP contribution in [0.5, 0.6) is 0 Å². The third-order valence-corrected chi connectivity index (χ3v) is 3.67. The molecule has 0 aliphatic heterocycles. The molecule has 0 saturated heterocycles. The highest BCUT2D eigenvalue weighted by Crippen LogP contribution is 2.18. The number of amides is 1. The number of halogens is 1. The number of imidazole rings is 1. The predicted molar refractivity (Wildman–Crippen MR) is 88.1 cm³/mol. The van der Waals surface area contributed by atoms with Gasteiger partial charge in [0.15, 0.2) is 0 Å². The highest BCUT2D eigenvalue weighted by Gasteiger charge is 2.18. The summed E-state index contributed by atoms with van der Waals surface area (Å²) in [5.41, 5.74) is 2.48. The van der Waals surface area contributed by atoms with Crippen LogP contribution in [-0.2, 0) is 6.54 Å². The van der Waals surface area contributed by atoms with Gasteiger partial charge in [-0.15, -0.1) is 0 Å². The van der Waals surface area contributed by atoms with Crippen LogP contribution >= 0.6 is 11.6 Å². The van der Waals surface area contributed by atoms with Crippen LogP contribution in [0.15, 0.2) is 30.7 Å². The van der Waals surface area contributed by atoms with Crippen LogP contribution in [0.1, 0.15) is 21.6 Å². The van der Waals surface area contributed by atoms with E-state index in [0.29, 0.717) is 23.7 Å². The largest absolute Gasteiger partial charge is 0.347 e. The molecular formula is C16H21ClN4O. The molecule has 1 N–H and O–H groups in total. The summed E-state index contributed by atoms with van der Waals surface area (Å²) in [4.78, 5) is 23.8. The van der Waals surface area contributed by atoms with Crippen molar-refractivity contribution < 1.29 is 4.79 Å². The molecule has 0 bridgehead atoms. The van der Waals surface area contributed by atoms with Crippen LogP contribution in [0.25, 0.3) is 0 Å². The second-order valence-electron chi connectivity index (χ2n) is 5.57. The molecule has 2 rings (SSSR count). The molecule has 1 heterocycles. The number of likely N-dealkylation sites (N-methyl/N-ethyl adjacent to an activating group) is 1. The summed E-state index contributed by atoms with van der Waals surface area (Å²) in [7, 11) is 3.98. The molecule has 0 saturated carbocycles. The zero-order valence-corrected chi connectivity index (χ0v) is 13.9. The van der Waals surface area contributed by atoms with Gasteiger partial charge in [-0.2, -0.15) is 0 Å². The Hall–Kier alpha value is -1.85. The van der Waals surface area contributed by atoms with Crippen LogP contribution in [0.4, 0.5) is 0 Å². The number of aryl methyl sites for hydroxylation is 1. The normalized spacial score (nSPS) is 11.0. The Morgan fingerprint density at radius 2 is 2.09 bits per heavy atom. The topological polar surface area (TPSA) is 52.2 Å². The fourth-order valence-electron chi connectivity index (χ4n) is 2.19. The van der Waals surface area contributed by atoms with Crippen LogP contribution in [0.2, 0.25) is 5.02 Å². The number of hydrogen-bond acceptors (Lipinski definition) is 3. The molecule has 0 radical (unpaired) electrons. The first kappa shape index (κ1) is 16.5. The molecule has 0 atom stereocenters. The third-order valence-electron chi connectivity index (χ3n) is 3.44. The fraction of sp³-hybridized carbons (Fsp3) is 0.375. The lowest BCUT2D eigenvalue weighted by Crippen LogP contribution is -2.36. The van der Waals surface area contributed by atoms with Gasteiger partial charge < -0.3 is 14.8 Å². The van der Waals surface area contributed by atoms with Crippen LogP contribution in [0, 0.1) is 6.92 Å². The van der Waals surface area contributed by atoms with E-state index < -0.39 is 0 Å². The number of nitrogens with zero attached hydrogens (tertiary/aromatic N) is 3. The van der Waals surface area contributed by atoms with Crippen molar-refractivity contribution in [1.82, 2.24) is 19.8 Å². The van der Waals surface area contributed by atoms with Crippen molar-refractivity contribution in [2.75, 3.05) is 27.2 Å². The molecular weight excluding hydrogens is 300 g/mol. The van der Waals surface area contributed by atoms with Crippen molar-refractivity contribution >= 4 is 17.5 Å². The lowest BCUT2D eigenvalue weighted by molar-refractivity contribution is 0.0729. The molecule has 0 aliphatic rings. The highest BCUT2D eigenvalue weighted by atomic mass is 35.5. The average molecular weight is 321 g/mol. The number of benzene rings is 1. The van der Waals surface area contributed by atoms with Crippen molar-refractivity contribution in [1.29, 1.82) is 0 Å². The van der Waals surface area contributed by atoms with E-state index in [0.717, 1.165) is 17.8 Å². The van der Waals surface area contributed by atoms with E-state index >= 15 is 0 Å². The van der Waals surface area contributed by atoms with Gasteiger partial charge in [0.05, 0.1) is 18.6 Å². The molecule has 1 aromatic carbocycles. The lowest BCUT2D eigenvalue weighted by atomic mass is 10.1. The minimum Gasteiger partial charge on any atom is -0.347 e. The summed E-state index contributed by atoms with van der Waals surface area (Å²) >= 11 is 5.97. The number of rotatable bonds is 6. The van der Waals surface area contributed by atoms with Crippen LogP contribution in [-0.4, -0.2) is 52.9 Å². The second-order valence-corrected chi connectivity index (χ2v) is 6.00. The molecule has 0 unspecified atom stereocenters. The highest BCUT2D eigenvalue weighted by molar-refractivity contribution is 6.30. The van der Waals surface area contributed by atoms with Crippen LogP contribution < -0.4 is 0 Å². The van der Waals surface area contributed by atoms with Gasteiger partial charge in [0, 0.05) is 29.9 Å². The first-order chi connectivity index (χ1) is 10.5. The monoisotopic (exact) mass is 320 g/mol. The minimum absolute atomic E-state index is 0.00520. The van der Waals surface area contributed by atoms with Gasteiger partial charge in [-0.05, 0) is 44.8 Å². The predicted octanol–water partition coefficient (Wildman–Crippen LogP) is 2.58. The molecule has 0 fully saturated rings. The van der Waals surface area contributed by atoms with E-state index in [-0.39, 0.29) is 5.91 Å². The Balaban J connectivity index is 2.20. The zero-order chi connectivity index (χ0) is 16.1. The van der Waals surface area contributed by atoms with Crippen molar-refractivity contribution in [3.63, 3.8) is 0 Å². The Kier molecular flexibility index (Phi) is 5.57. The van der Waals surface area contributed by atoms with Gasteiger partial charge in [0.2, 0.25) is 0 Å².